The van der Waals surface area contributed by atoms with Crippen molar-refractivity contribution < 1.29 is 9.59 Å². The number of nitrogens with one attached hydrogen (secondary N) is 2. The Hall–Kier alpha value is -1.59. The molecule has 104 valence electrons. The van der Waals surface area contributed by atoms with E-state index >= 15 is 0 Å². The van der Waals surface area contributed by atoms with Crippen molar-refractivity contribution in [2.45, 2.75) is 12.8 Å². The van der Waals surface area contributed by atoms with E-state index in [0.717, 1.165) is 25.9 Å². The molecule has 1 fully saturated rings. The van der Waals surface area contributed by atoms with Crippen LogP contribution in [0.25, 0.3) is 0 Å². The topological polar surface area (TPSA) is 84.2 Å². The first-order valence-corrected chi connectivity index (χ1v) is 6.09. The van der Waals surface area contributed by atoms with Gasteiger partial charge in [-0.2, -0.15) is 0 Å². The quantitative estimate of drug-likeness (QED) is 0.778. The van der Waals surface area contributed by atoms with Crippen molar-refractivity contribution in [2.24, 2.45) is 11.7 Å². The van der Waals surface area contributed by atoms with Crippen LogP contribution in [0.3, 0.4) is 0 Å². The van der Waals surface area contributed by atoms with Gasteiger partial charge >= 0.3 is 0 Å². The van der Waals surface area contributed by atoms with Gasteiger partial charge in [-0.05, 0) is 38.1 Å². The maximum absolute atomic E-state index is 12.1. The van der Waals surface area contributed by atoms with Crippen LogP contribution in [-0.4, -0.2) is 24.9 Å². The maximum Gasteiger partial charge on any atom is 0.250 e. The summed E-state index contributed by atoms with van der Waals surface area (Å²) in [4.78, 5) is 23.3. The Labute approximate surface area is 118 Å². The lowest BCUT2D eigenvalue weighted by molar-refractivity contribution is -0.120. The molecule has 19 heavy (non-hydrogen) atoms. The van der Waals surface area contributed by atoms with Crippen molar-refractivity contribution >= 4 is 29.9 Å². The molecule has 1 aliphatic rings. The van der Waals surface area contributed by atoms with Gasteiger partial charge in [0.15, 0.2) is 0 Å². The highest BCUT2D eigenvalue weighted by Crippen LogP contribution is 2.18. The number of anilines is 1. The Kier molecular flexibility index (Phi) is 5.79. The van der Waals surface area contributed by atoms with E-state index in [-0.39, 0.29) is 24.2 Å². The van der Waals surface area contributed by atoms with Crippen LogP contribution >= 0.6 is 12.4 Å². The second-order valence-electron chi connectivity index (χ2n) is 4.42. The molecule has 2 amide bonds. The molecule has 0 aliphatic carbocycles. The molecule has 0 atom stereocenters. The molecule has 0 spiro atoms. The standard InChI is InChI=1S/C13H17N3O2.ClH/c14-12(17)10-3-1-2-4-11(10)16-13(18)9-5-7-15-8-6-9;/h1-4,9,15H,5-8H2,(H2,14,17)(H,16,18);1H. The van der Waals surface area contributed by atoms with Gasteiger partial charge in [0.05, 0.1) is 11.3 Å². The van der Waals surface area contributed by atoms with Crippen LogP contribution in [0.2, 0.25) is 0 Å². The molecular weight excluding hydrogens is 266 g/mol. The molecule has 0 bridgehead atoms. The Balaban J connectivity index is 0.00000180. The number of carbonyl (C=O) groups is 2. The maximum atomic E-state index is 12.1. The van der Waals surface area contributed by atoms with E-state index in [2.05, 4.69) is 10.6 Å². The highest BCUT2D eigenvalue weighted by Gasteiger charge is 2.21. The summed E-state index contributed by atoms with van der Waals surface area (Å²) < 4.78 is 0. The normalized spacial score (nSPS) is 15.4. The molecule has 0 radical (unpaired) electrons. The van der Waals surface area contributed by atoms with Gasteiger partial charge in [0.25, 0.3) is 5.91 Å². The van der Waals surface area contributed by atoms with Crippen molar-refractivity contribution in [2.75, 3.05) is 18.4 Å². The van der Waals surface area contributed by atoms with Gasteiger partial charge in [-0.3, -0.25) is 9.59 Å². The zero-order valence-corrected chi connectivity index (χ0v) is 11.3. The van der Waals surface area contributed by atoms with Crippen molar-refractivity contribution in [3.8, 4) is 0 Å². The van der Waals surface area contributed by atoms with Crippen molar-refractivity contribution in [1.29, 1.82) is 0 Å². The summed E-state index contributed by atoms with van der Waals surface area (Å²) >= 11 is 0. The predicted molar refractivity (Wildman–Crippen MR) is 76.4 cm³/mol. The third-order valence-corrected chi connectivity index (χ3v) is 3.16. The van der Waals surface area contributed by atoms with Crippen LogP contribution in [0.4, 0.5) is 5.69 Å². The van der Waals surface area contributed by atoms with Gasteiger partial charge in [-0.25, -0.2) is 0 Å². The zero-order valence-electron chi connectivity index (χ0n) is 10.5. The van der Waals surface area contributed by atoms with Crippen LogP contribution < -0.4 is 16.4 Å². The largest absolute Gasteiger partial charge is 0.366 e. The molecular formula is C13H18ClN3O2. The monoisotopic (exact) mass is 283 g/mol. The summed E-state index contributed by atoms with van der Waals surface area (Å²) in [5, 5.41) is 6.00. The fourth-order valence-electron chi connectivity index (χ4n) is 2.13. The third-order valence-electron chi connectivity index (χ3n) is 3.16. The first kappa shape index (κ1) is 15.5. The molecule has 1 saturated heterocycles. The number of nitrogens with two attached hydrogens (primary N) is 1. The number of rotatable bonds is 3. The highest BCUT2D eigenvalue weighted by atomic mass is 35.5. The average molecular weight is 284 g/mol. The van der Waals surface area contributed by atoms with Gasteiger partial charge in [0, 0.05) is 5.92 Å². The summed E-state index contributed by atoms with van der Waals surface area (Å²) in [6.07, 6.45) is 1.65. The average Bonchev–Trinajstić information content (AvgIpc) is 2.40. The lowest BCUT2D eigenvalue weighted by Gasteiger charge is -2.22. The van der Waals surface area contributed by atoms with Crippen LogP contribution in [0.1, 0.15) is 23.2 Å². The molecule has 0 aromatic heterocycles. The lowest BCUT2D eigenvalue weighted by atomic mass is 9.97. The third kappa shape index (κ3) is 3.94. The lowest BCUT2D eigenvalue weighted by Crippen LogP contribution is -2.35. The number of carbonyl (C=O) groups excluding carboxylic acids is 2. The number of hydrogen-bond acceptors (Lipinski definition) is 3. The van der Waals surface area contributed by atoms with E-state index in [0.29, 0.717) is 11.3 Å². The molecule has 1 heterocycles. The summed E-state index contributed by atoms with van der Waals surface area (Å²) in [6.45, 7) is 1.71. The minimum absolute atomic E-state index is 0. The van der Waals surface area contributed by atoms with E-state index < -0.39 is 5.91 Å². The minimum Gasteiger partial charge on any atom is -0.366 e. The van der Waals surface area contributed by atoms with E-state index in [1.165, 1.54) is 0 Å². The van der Waals surface area contributed by atoms with E-state index in [4.69, 9.17) is 5.73 Å². The molecule has 6 heteroatoms. The number of primary amides is 1. The molecule has 0 saturated carbocycles. The van der Waals surface area contributed by atoms with Crippen LogP contribution in [-0.2, 0) is 4.79 Å². The summed E-state index contributed by atoms with van der Waals surface area (Å²) in [5.41, 5.74) is 6.11. The predicted octanol–water partition coefficient (Wildman–Crippen LogP) is 1.15. The molecule has 5 nitrogen and oxygen atoms in total. The van der Waals surface area contributed by atoms with Gasteiger partial charge in [-0.15, -0.1) is 12.4 Å². The number of benzene rings is 1. The number of hydrogen-bond donors (Lipinski definition) is 3. The molecule has 2 rings (SSSR count). The second kappa shape index (κ2) is 7.11. The highest BCUT2D eigenvalue weighted by molar-refractivity contribution is 6.03. The van der Waals surface area contributed by atoms with Crippen LogP contribution in [0.5, 0.6) is 0 Å². The Morgan fingerprint density at radius 2 is 1.84 bits per heavy atom. The summed E-state index contributed by atoms with van der Waals surface area (Å²) in [5.74, 6) is -0.561. The van der Waals surface area contributed by atoms with Crippen LogP contribution in [0, 0.1) is 5.92 Å². The molecule has 1 aliphatic heterocycles. The minimum atomic E-state index is -0.531. The fraction of sp³-hybridized carbons (Fsp3) is 0.385. The molecule has 4 N–H and O–H groups in total. The summed E-state index contributed by atoms with van der Waals surface area (Å²) in [6, 6.07) is 6.80. The molecule has 0 unspecified atom stereocenters. The first-order valence-electron chi connectivity index (χ1n) is 6.09. The second-order valence-corrected chi connectivity index (χ2v) is 4.42. The summed E-state index contributed by atoms with van der Waals surface area (Å²) in [7, 11) is 0. The first-order chi connectivity index (χ1) is 8.68. The fourth-order valence-corrected chi connectivity index (χ4v) is 2.13. The zero-order chi connectivity index (χ0) is 13.0. The molecule has 1 aromatic carbocycles. The van der Waals surface area contributed by atoms with Crippen molar-refractivity contribution in [3.05, 3.63) is 29.8 Å². The SMILES string of the molecule is Cl.NC(=O)c1ccccc1NC(=O)C1CCNCC1. The smallest absolute Gasteiger partial charge is 0.250 e. The Morgan fingerprint density at radius 1 is 1.21 bits per heavy atom. The van der Waals surface area contributed by atoms with Gasteiger partial charge in [0.1, 0.15) is 0 Å². The van der Waals surface area contributed by atoms with Crippen molar-refractivity contribution in [3.63, 3.8) is 0 Å². The molecule has 1 aromatic rings. The van der Waals surface area contributed by atoms with E-state index in [1.807, 2.05) is 0 Å². The van der Waals surface area contributed by atoms with Gasteiger partial charge < -0.3 is 16.4 Å². The number of halogens is 1. The van der Waals surface area contributed by atoms with E-state index in [1.54, 1.807) is 24.3 Å². The Bertz CT molecular complexity index is 459. The van der Waals surface area contributed by atoms with E-state index in [9.17, 15) is 9.59 Å². The van der Waals surface area contributed by atoms with Crippen molar-refractivity contribution in [1.82, 2.24) is 5.32 Å². The Morgan fingerprint density at radius 3 is 2.47 bits per heavy atom. The number of para-hydroxylation sites is 1. The number of amides is 2. The van der Waals surface area contributed by atoms with Crippen LogP contribution in [0.15, 0.2) is 24.3 Å². The number of piperidine rings is 1. The van der Waals surface area contributed by atoms with Gasteiger partial charge in [0.2, 0.25) is 5.91 Å². The van der Waals surface area contributed by atoms with Gasteiger partial charge in [-0.1, -0.05) is 12.1 Å².